The second-order valence-corrected chi connectivity index (χ2v) is 5.32. The highest BCUT2D eigenvalue weighted by molar-refractivity contribution is 9.10. The van der Waals surface area contributed by atoms with Gasteiger partial charge in [-0.1, -0.05) is 36.7 Å². The monoisotopic (exact) mass is 285 g/mol. The average molecular weight is 286 g/mol. The summed E-state index contributed by atoms with van der Waals surface area (Å²) in [7, 11) is 1.71. The Kier molecular flexibility index (Phi) is 4.81. The molecule has 0 saturated carbocycles. The van der Waals surface area contributed by atoms with Crippen LogP contribution < -0.4 is 10.5 Å². The smallest absolute Gasteiger partial charge is 0.123 e. The molecule has 0 aliphatic carbocycles. The van der Waals surface area contributed by atoms with Gasteiger partial charge < -0.3 is 10.5 Å². The Hall–Kier alpha value is -0.540. The van der Waals surface area contributed by atoms with E-state index < -0.39 is 0 Å². The molecule has 2 nitrogen and oxygen atoms in total. The van der Waals surface area contributed by atoms with E-state index in [4.69, 9.17) is 10.5 Å². The molecule has 0 fully saturated rings. The van der Waals surface area contributed by atoms with E-state index in [-0.39, 0.29) is 0 Å². The first-order valence-electron chi connectivity index (χ1n) is 5.58. The summed E-state index contributed by atoms with van der Waals surface area (Å²) in [6, 6.07) is 4.16. The Balaban J connectivity index is 3.38. The summed E-state index contributed by atoms with van der Waals surface area (Å²) in [6.45, 7) is 7.16. The molecule has 0 amide bonds. The quantitative estimate of drug-likeness (QED) is 0.917. The summed E-state index contributed by atoms with van der Waals surface area (Å²) in [5.41, 5.74) is 8.31. The van der Waals surface area contributed by atoms with Gasteiger partial charge in [-0.25, -0.2) is 0 Å². The Bertz CT molecular complexity index is 363. The zero-order valence-corrected chi connectivity index (χ0v) is 12.0. The Morgan fingerprint density at radius 2 is 1.94 bits per heavy atom. The highest BCUT2D eigenvalue weighted by Crippen LogP contribution is 2.36. The summed E-state index contributed by atoms with van der Waals surface area (Å²) >= 11 is 3.51. The Labute approximate surface area is 106 Å². The summed E-state index contributed by atoms with van der Waals surface area (Å²) in [5.74, 6) is 1.73. The van der Waals surface area contributed by atoms with Crippen molar-refractivity contribution in [2.24, 2.45) is 5.73 Å². The van der Waals surface area contributed by atoms with Crippen molar-refractivity contribution in [2.75, 3.05) is 13.7 Å². The van der Waals surface area contributed by atoms with Crippen LogP contribution in [0.1, 0.15) is 43.7 Å². The molecule has 0 saturated heterocycles. The third-order valence-corrected chi connectivity index (χ3v) is 3.28. The average Bonchev–Trinajstić information content (AvgIpc) is 2.26. The van der Waals surface area contributed by atoms with E-state index >= 15 is 0 Å². The van der Waals surface area contributed by atoms with Gasteiger partial charge in [0, 0.05) is 10.0 Å². The molecule has 1 aromatic carbocycles. The first kappa shape index (κ1) is 13.5. The molecule has 0 radical (unpaired) electrons. The van der Waals surface area contributed by atoms with Crippen LogP contribution in [0, 0.1) is 0 Å². The van der Waals surface area contributed by atoms with Gasteiger partial charge in [-0.2, -0.15) is 0 Å². The molecular weight excluding hydrogens is 266 g/mol. The lowest BCUT2D eigenvalue weighted by atomic mass is 9.89. The second kappa shape index (κ2) is 5.69. The Morgan fingerprint density at radius 1 is 1.31 bits per heavy atom. The normalized spacial score (nSPS) is 12.9. The van der Waals surface area contributed by atoms with E-state index in [1.165, 1.54) is 11.1 Å². The maximum absolute atomic E-state index is 5.76. The van der Waals surface area contributed by atoms with Crippen LogP contribution in [0.2, 0.25) is 0 Å². The van der Waals surface area contributed by atoms with Crippen LogP contribution in [0.4, 0.5) is 0 Å². The first-order chi connectivity index (χ1) is 7.51. The number of benzene rings is 1. The molecule has 2 N–H and O–H groups in total. The highest BCUT2D eigenvalue weighted by atomic mass is 79.9. The van der Waals surface area contributed by atoms with Gasteiger partial charge in [0.1, 0.15) is 5.75 Å². The SMILES string of the molecule is COc1cc(Br)cc(C(C)CN)c1C(C)C. The van der Waals surface area contributed by atoms with Crippen LogP contribution in [-0.2, 0) is 0 Å². The van der Waals surface area contributed by atoms with Crippen molar-refractivity contribution < 1.29 is 4.74 Å². The van der Waals surface area contributed by atoms with Gasteiger partial charge in [-0.15, -0.1) is 0 Å². The molecule has 1 atom stereocenters. The van der Waals surface area contributed by atoms with Gasteiger partial charge >= 0.3 is 0 Å². The third kappa shape index (κ3) is 2.77. The van der Waals surface area contributed by atoms with Gasteiger partial charge in [0.05, 0.1) is 7.11 Å². The third-order valence-electron chi connectivity index (χ3n) is 2.82. The molecule has 90 valence electrons. The van der Waals surface area contributed by atoms with Crippen LogP contribution in [0.3, 0.4) is 0 Å². The summed E-state index contributed by atoms with van der Waals surface area (Å²) < 4.78 is 6.50. The maximum Gasteiger partial charge on any atom is 0.123 e. The van der Waals surface area contributed by atoms with E-state index in [1.54, 1.807) is 7.11 Å². The summed E-state index contributed by atoms with van der Waals surface area (Å²) in [4.78, 5) is 0. The highest BCUT2D eigenvalue weighted by Gasteiger charge is 2.17. The van der Waals surface area contributed by atoms with Crippen LogP contribution in [0.5, 0.6) is 5.75 Å². The van der Waals surface area contributed by atoms with Gasteiger partial charge in [0.25, 0.3) is 0 Å². The molecule has 0 heterocycles. The summed E-state index contributed by atoms with van der Waals surface area (Å²) in [6.07, 6.45) is 0. The number of halogens is 1. The van der Waals surface area contributed by atoms with E-state index in [0.717, 1.165) is 10.2 Å². The standard InChI is InChI=1S/C13H20BrNO/c1-8(2)13-11(9(3)7-15)5-10(14)6-12(13)16-4/h5-6,8-9H,7,15H2,1-4H3. The van der Waals surface area contributed by atoms with E-state index in [0.29, 0.717) is 18.4 Å². The van der Waals surface area contributed by atoms with Crippen LogP contribution in [0.25, 0.3) is 0 Å². The van der Waals surface area contributed by atoms with Gasteiger partial charge in [-0.05, 0) is 36.1 Å². The molecular formula is C13H20BrNO. The molecule has 0 aliphatic rings. The fraction of sp³-hybridized carbons (Fsp3) is 0.538. The molecule has 16 heavy (non-hydrogen) atoms. The van der Waals surface area contributed by atoms with Crippen LogP contribution in [0.15, 0.2) is 16.6 Å². The number of rotatable bonds is 4. The molecule has 0 aliphatic heterocycles. The van der Waals surface area contributed by atoms with Gasteiger partial charge in [0.15, 0.2) is 0 Å². The first-order valence-corrected chi connectivity index (χ1v) is 6.37. The fourth-order valence-corrected chi connectivity index (χ4v) is 2.39. The minimum atomic E-state index is 0.351. The largest absolute Gasteiger partial charge is 0.496 e. The van der Waals surface area contributed by atoms with Crippen LogP contribution in [-0.4, -0.2) is 13.7 Å². The molecule has 1 rings (SSSR count). The van der Waals surface area contributed by atoms with Crippen molar-refractivity contribution in [1.29, 1.82) is 0 Å². The van der Waals surface area contributed by atoms with E-state index in [2.05, 4.69) is 42.8 Å². The lowest BCUT2D eigenvalue weighted by molar-refractivity contribution is 0.405. The summed E-state index contributed by atoms with van der Waals surface area (Å²) in [5, 5.41) is 0. The fourth-order valence-electron chi connectivity index (χ4n) is 1.93. The second-order valence-electron chi connectivity index (χ2n) is 4.40. The van der Waals surface area contributed by atoms with Crippen molar-refractivity contribution in [3.8, 4) is 5.75 Å². The zero-order chi connectivity index (χ0) is 12.3. The van der Waals surface area contributed by atoms with Crippen molar-refractivity contribution >= 4 is 15.9 Å². The van der Waals surface area contributed by atoms with Crippen molar-refractivity contribution in [3.63, 3.8) is 0 Å². The van der Waals surface area contributed by atoms with E-state index in [1.807, 2.05) is 6.07 Å². The zero-order valence-electron chi connectivity index (χ0n) is 10.4. The van der Waals surface area contributed by atoms with Crippen molar-refractivity contribution in [1.82, 2.24) is 0 Å². The lowest BCUT2D eigenvalue weighted by Crippen LogP contribution is -2.12. The number of ether oxygens (including phenoxy) is 1. The molecule has 1 unspecified atom stereocenters. The number of methoxy groups -OCH3 is 1. The molecule has 0 bridgehead atoms. The van der Waals surface area contributed by atoms with Crippen LogP contribution >= 0.6 is 15.9 Å². The van der Waals surface area contributed by atoms with Gasteiger partial charge in [0.2, 0.25) is 0 Å². The van der Waals surface area contributed by atoms with Crippen molar-refractivity contribution in [2.45, 2.75) is 32.6 Å². The molecule has 3 heteroatoms. The number of nitrogens with two attached hydrogens (primary N) is 1. The number of hydrogen-bond donors (Lipinski definition) is 1. The Morgan fingerprint density at radius 3 is 2.38 bits per heavy atom. The minimum Gasteiger partial charge on any atom is -0.496 e. The topological polar surface area (TPSA) is 35.2 Å². The lowest BCUT2D eigenvalue weighted by Gasteiger charge is -2.21. The molecule has 0 spiro atoms. The molecule has 0 aromatic heterocycles. The molecule has 1 aromatic rings. The van der Waals surface area contributed by atoms with Gasteiger partial charge in [-0.3, -0.25) is 0 Å². The maximum atomic E-state index is 5.76. The van der Waals surface area contributed by atoms with Crippen molar-refractivity contribution in [3.05, 3.63) is 27.7 Å². The minimum absolute atomic E-state index is 0.351. The predicted molar refractivity (Wildman–Crippen MR) is 72.3 cm³/mol. The predicted octanol–water partition coefficient (Wildman–Crippen LogP) is 3.64. The number of hydrogen-bond acceptors (Lipinski definition) is 2. The van der Waals surface area contributed by atoms with E-state index in [9.17, 15) is 0 Å².